The first-order valence-corrected chi connectivity index (χ1v) is 9.15. The van der Waals surface area contributed by atoms with Gasteiger partial charge in [-0.2, -0.15) is 5.26 Å². The van der Waals surface area contributed by atoms with Crippen LogP contribution in [0.1, 0.15) is 36.1 Å². The molecule has 0 aliphatic rings. The molecule has 27 heavy (non-hydrogen) atoms. The number of nitriles is 1. The van der Waals surface area contributed by atoms with E-state index in [1.54, 1.807) is 0 Å². The van der Waals surface area contributed by atoms with Gasteiger partial charge in [0, 0.05) is 12.1 Å². The molecule has 3 rings (SSSR count). The van der Waals surface area contributed by atoms with E-state index >= 15 is 0 Å². The van der Waals surface area contributed by atoms with Gasteiger partial charge in [0.05, 0.1) is 11.6 Å². The molecule has 0 bridgehead atoms. The van der Waals surface area contributed by atoms with Crippen molar-refractivity contribution in [3.8, 4) is 6.07 Å². The SMILES string of the molecule is CC(C)(NCc1ccccc1)/C(=C\c1ccc(C#N)cc1)c1ccccc1. The third-order valence-corrected chi connectivity index (χ3v) is 4.69. The molecule has 1 N–H and O–H groups in total. The van der Waals surface area contributed by atoms with E-state index < -0.39 is 0 Å². The van der Waals surface area contributed by atoms with Gasteiger partial charge in [0.1, 0.15) is 0 Å². The summed E-state index contributed by atoms with van der Waals surface area (Å²) in [5.74, 6) is 0. The zero-order valence-electron chi connectivity index (χ0n) is 15.8. The molecule has 0 aromatic heterocycles. The Hall–Kier alpha value is -3.15. The van der Waals surface area contributed by atoms with Crippen molar-refractivity contribution in [3.63, 3.8) is 0 Å². The molecule has 3 aromatic carbocycles. The van der Waals surface area contributed by atoms with E-state index in [1.165, 1.54) is 16.7 Å². The zero-order valence-corrected chi connectivity index (χ0v) is 15.8. The minimum Gasteiger partial charge on any atom is -0.304 e. The van der Waals surface area contributed by atoms with Gasteiger partial charge in [0.2, 0.25) is 0 Å². The Morgan fingerprint density at radius 1 is 0.889 bits per heavy atom. The average molecular weight is 352 g/mol. The lowest BCUT2D eigenvalue weighted by Gasteiger charge is -2.30. The maximum Gasteiger partial charge on any atom is 0.0991 e. The highest BCUT2D eigenvalue weighted by Crippen LogP contribution is 2.29. The average Bonchev–Trinajstić information content (AvgIpc) is 2.72. The monoisotopic (exact) mass is 352 g/mol. The van der Waals surface area contributed by atoms with Gasteiger partial charge in [0.15, 0.2) is 0 Å². The van der Waals surface area contributed by atoms with Gasteiger partial charge in [-0.15, -0.1) is 0 Å². The lowest BCUT2D eigenvalue weighted by molar-refractivity contribution is 0.490. The third kappa shape index (κ3) is 4.94. The highest BCUT2D eigenvalue weighted by atomic mass is 15.0. The van der Waals surface area contributed by atoms with Crippen LogP contribution in [0.4, 0.5) is 0 Å². The molecular weight excluding hydrogens is 328 g/mol. The predicted molar refractivity (Wildman–Crippen MR) is 113 cm³/mol. The molecule has 0 amide bonds. The molecule has 2 heteroatoms. The molecule has 0 heterocycles. The Kier molecular flexibility index (Phi) is 5.86. The maximum atomic E-state index is 9.02. The Morgan fingerprint density at radius 3 is 2.07 bits per heavy atom. The second-order valence-corrected chi connectivity index (χ2v) is 7.12. The van der Waals surface area contributed by atoms with Crippen LogP contribution in [0.5, 0.6) is 0 Å². The molecule has 2 nitrogen and oxygen atoms in total. The van der Waals surface area contributed by atoms with E-state index in [9.17, 15) is 0 Å². The summed E-state index contributed by atoms with van der Waals surface area (Å²) in [5, 5.41) is 12.7. The van der Waals surface area contributed by atoms with Crippen LogP contribution in [0, 0.1) is 11.3 Å². The molecule has 0 atom stereocenters. The molecule has 0 saturated heterocycles. The predicted octanol–water partition coefficient (Wildman–Crippen LogP) is 5.67. The lowest BCUT2D eigenvalue weighted by atomic mass is 9.86. The van der Waals surface area contributed by atoms with Gasteiger partial charge in [-0.25, -0.2) is 0 Å². The second-order valence-electron chi connectivity index (χ2n) is 7.12. The minimum absolute atomic E-state index is 0.231. The number of nitrogens with one attached hydrogen (secondary N) is 1. The van der Waals surface area contributed by atoms with Crippen molar-refractivity contribution >= 4 is 11.6 Å². The molecular formula is C25H24N2. The number of nitrogens with zero attached hydrogens (tertiary/aromatic N) is 1. The van der Waals surface area contributed by atoms with Crippen LogP contribution >= 0.6 is 0 Å². The molecule has 134 valence electrons. The molecule has 0 saturated carbocycles. The van der Waals surface area contributed by atoms with Crippen molar-refractivity contribution in [2.45, 2.75) is 25.9 Å². The molecule has 0 fully saturated rings. The van der Waals surface area contributed by atoms with E-state index in [4.69, 9.17) is 5.26 Å². The summed E-state index contributed by atoms with van der Waals surface area (Å²) >= 11 is 0. The van der Waals surface area contributed by atoms with Gasteiger partial charge in [-0.05, 0) is 54.3 Å². The van der Waals surface area contributed by atoms with Crippen LogP contribution in [-0.2, 0) is 6.54 Å². The smallest absolute Gasteiger partial charge is 0.0991 e. The lowest BCUT2D eigenvalue weighted by Crippen LogP contribution is -2.39. The molecule has 0 radical (unpaired) electrons. The molecule has 0 aliphatic carbocycles. The largest absolute Gasteiger partial charge is 0.304 e. The Bertz CT molecular complexity index is 931. The topological polar surface area (TPSA) is 35.8 Å². The molecule has 3 aromatic rings. The van der Waals surface area contributed by atoms with Crippen molar-refractivity contribution in [1.82, 2.24) is 5.32 Å². The highest BCUT2D eigenvalue weighted by Gasteiger charge is 2.24. The van der Waals surface area contributed by atoms with Gasteiger partial charge in [-0.3, -0.25) is 0 Å². The fourth-order valence-electron chi connectivity index (χ4n) is 3.08. The summed E-state index contributed by atoms with van der Waals surface area (Å²) in [5.41, 5.74) is 5.19. The van der Waals surface area contributed by atoms with Crippen LogP contribution in [0.2, 0.25) is 0 Å². The number of hydrogen-bond donors (Lipinski definition) is 1. The summed E-state index contributed by atoms with van der Waals surface area (Å²) in [7, 11) is 0. The number of rotatable bonds is 6. The first-order chi connectivity index (χ1) is 13.1. The Morgan fingerprint density at radius 2 is 1.48 bits per heavy atom. The number of benzene rings is 3. The summed E-state index contributed by atoms with van der Waals surface area (Å²) in [6, 6.07) is 30.8. The summed E-state index contributed by atoms with van der Waals surface area (Å²) in [6.45, 7) is 5.21. The van der Waals surface area contributed by atoms with Crippen LogP contribution < -0.4 is 5.32 Å². The summed E-state index contributed by atoms with van der Waals surface area (Å²) in [4.78, 5) is 0. The van der Waals surface area contributed by atoms with Crippen molar-refractivity contribution in [1.29, 1.82) is 5.26 Å². The fraction of sp³-hybridized carbons (Fsp3) is 0.160. The van der Waals surface area contributed by atoms with Gasteiger partial charge < -0.3 is 5.32 Å². The standard InChI is InChI=1S/C25H24N2/c1-25(2,27-19-22-9-5-3-6-10-22)24(23-11-7-4-8-12-23)17-20-13-15-21(18-26)16-14-20/h3-17,27H,19H2,1-2H3/b24-17-. The van der Waals surface area contributed by atoms with Gasteiger partial charge >= 0.3 is 0 Å². The van der Waals surface area contributed by atoms with Crippen molar-refractivity contribution in [2.75, 3.05) is 0 Å². The van der Waals surface area contributed by atoms with Crippen LogP contribution in [0.3, 0.4) is 0 Å². The van der Waals surface area contributed by atoms with E-state index in [0.29, 0.717) is 5.56 Å². The molecule has 0 aliphatic heterocycles. The minimum atomic E-state index is -0.231. The van der Waals surface area contributed by atoms with Crippen LogP contribution in [0.15, 0.2) is 84.9 Å². The zero-order chi connectivity index (χ0) is 19.1. The maximum absolute atomic E-state index is 9.02. The van der Waals surface area contributed by atoms with Crippen molar-refractivity contribution in [3.05, 3.63) is 107 Å². The summed E-state index contributed by atoms with van der Waals surface area (Å²) < 4.78 is 0. The molecule has 0 spiro atoms. The summed E-state index contributed by atoms with van der Waals surface area (Å²) in [6.07, 6.45) is 2.20. The first-order valence-electron chi connectivity index (χ1n) is 9.15. The normalized spacial score (nSPS) is 11.8. The van der Waals surface area contributed by atoms with Crippen molar-refractivity contribution < 1.29 is 0 Å². The van der Waals surface area contributed by atoms with Gasteiger partial charge in [0.25, 0.3) is 0 Å². The van der Waals surface area contributed by atoms with E-state index in [1.807, 2.05) is 36.4 Å². The fourth-order valence-corrected chi connectivity index (χ4v) is 3.08. The third-order valence-electron chi connectivity index (χ3n) is 4.69. The second kappa shape index (κ2) is 8.49. The van der Waals surface area contributed by atoms with Crippen LogP contribution in [0.25, 0.3) is 11.6 Å². The van der Waals surface area contributed by atoms with E-state index in [2.05, 4.69) is 79.8 Å². The Balaban J connectivity index is 1.93. The Labute approximate surface area is 161 Å². The van der Waals surface area contributed by atoms with Crippen molar-refractivity contribution in [2.24, 2.45) is 0 Å². The van der Waals surface area contributed by atoms with E-state index in [-0.39, 0.29) is 5.54 Å². The van der Waals surface area contributed by atoms with E-state index in [0.717, 1.165) is 12.1 Å². The molecule has 0 unspecified atom stereocenters. The quantitative estimate of drug-likeness (QED) is 0.580. The van der Waals surface area contributed by atoms with Gasteiger partial charge in [-0.1, -0.05) is 72.8 Å². The number of hydrogen-bond acceptors (Lipinski definition) is 2. The van der Waals surface area contributed by atoms with Crippen LogP contribution in [-0.4, -0.2) is 5.54 Å². The highest BCUT2D eigenvalue weighted by molar-refractivity contribution is 5.86. The first kappa shape index (κ1) is 18.6.